The van der Waals surface area contributed by atoms with Crippen LogP contribution in [0.1, 0.15) is 22.3 Å². The van der Waals surface area contributed by atoms with Crippen molar-refractivity contribution in [2.45, 2.75) is 33.9 Å². The minimum Gasteiger partial charge on any atom is -0.339 e. The van der Waals surface area contributed by atoms with Crippen LogP contribution in [0, 0.1) is 20.8 Å². The molecule has 1 amide bonds. The lowest BCUT2D eigenvalue weighted by molar-refractivity contribution is -0.116. The fourth-order valence-corrected chi connectivity index (χ4v) is 3.70. The molecule has 0 aliphatic rings. The highest BCUT2D eigenvalue weighted by molar-refractivity contribution is 5.91. The highest BCUT2D eigenvalue weighted by Gasteiger charge is 2.12. The minimum atomic E-state index is -0.220. The Labute approximate surface area is 175 Å². The normalized spacial score (nSPS) is 11.0. The molecule has 5 heteroatoms. The van der Waals surface area contributed by atoms with Crippen molar-refractivity contribution < 1.29 is 4.79 Å². The smallest absolute Gasteiger partial charge is 0.275 e. The molecule has 2 aromatic heterocycles. The van der Waals surface area contributed by atoms with E-state index in [1.165, 1.54) is 10.1 Å². The second-order valence-corrected chi connectivity index (χ2v) is 7.72. The van der Waals surface area contributed by atoms with Crippen molar-refractivity contribution >= 4 is 22.5 Å². The van der Waals surface area contributed by atoms with Gasteiger partial charge in [0.2, 0.25) is 5.91 Å². The Morgan fingerprint density at radius 3 is 2.33 bits per heavy atom. The number of amides is 1. The fraction of sp³-hybridized carbons (Fsp3) is 0.200. The zero-order valence-corrected chi connectivity index (χ0v) is 17.5. The molecule has 0 saturated heterocycles. The minimum absolute atomic E-state index is 0.0301. The van der Waals surface area contributed by atoms with Gasteiger partial charge in [0.15, 0.2) is 0 Å². The lowest BCUT2D eigenvalue weighted by Crippen LogP contribution is -2.28. The predicted octanol–water partition coefficient (Wildman–Crippen LogP) is 4.42. The summed E-state index contributed by atoms with van der Waals surface area (Å²) in [5.74, 6) is -0.220. The van der Waals surface area contributed by atoms with Gasteiger partial charge in [-0.25, -0.2) is 0 Å². The van der Waals surface area contributed by atoms with Gasteiger partial charge < -0.3 is 14.5 Å². The lowest BCUT2D eigenvalue weighted by Gasteiger charge is -2.12. The Bertz CT molecular complexity index is 1300. The molecule has 1 N–H and O–H groups in total. The number of pyridine rings is 1. The first-order chi connectivity index (χ1) is 14.4. The van der Waals surface area contributed by atoms with Crippen molar-refractivity contribution in [3.63, 3.8) is 0 Å². The van der Waals surface area contributed by atoms with Gasteiger partial charge in [-0.15, -0.1) is 0 Å². The SMILES string of the molecule is Cc1ccccc1Cn1ccc2ccn(CC(=O)Nc3cccc(C)c3C)c(=O)c21. The van der Waals surface area contributed by atoms with E-state index in [0.717, 1.165) is 27.8 Å². The lowest BCUT2D eigenvalue weighted by atomic mass is 10.1. The van der Waals surface area contributed by atoms with E-state index in [1.54, 1.807) is 6.20 Å². The second-order valence-electron chi connectivity index (χ2n) is 7.72. The number of nitrogens with zero attached hydrogens (tertiary/aromatic N) is 2. The number of carbonyl (C=O) groups is 1. The van der Waals surface area contributed by atoms with Crippen molar-refractivity contribution in [3.8, 4) is 0 Å². The molecule has 30 heavy (non-hydrogen) atoms. The van der Waals surface area contributed by atoms with E-state index in [9.17, 15) is 9.59 Å². The van der Waals surface area contributed by atoms with Gasteiger partial charge in [-0.2, -0.15) is 0 Å². The van der Waals surface area contributed by atoms with Crippen LogP contribution in [-0.2, 0) is 17.9 Å². The highest BCUT2D eigenvalue weighted by Crippen LogP contribution is 2.18. The Balaban J connectivity index is 1.62. The van der Waals surface area contributed by atoms with Crippen LogP contribution in [0.4, 0.5) is 5.69 Å². The second kappa shape index (κ2) is 8.03. The number of anilines is 1. The number of hydrogen-bond donors (Lipinski definition) is 1. The Morgan fingerprint density at radius 1 is 0.867 bits per heavy atom. The van der Waals surface area contributed by atoms with Gasteiger partial charge in [-0.05, 0) is 61.2 Å². The first-order valence-electron chi connectivity index (χ1n) is 10.0. The summed E-state index contributed by atoms with van der Waals surface area (Å²) in [5, 5.41) is 3.80. The van der Waals surface area contributed by atoms with E-state index in [0.29, 0.717) is 12.1 Å². The molecule has 4 aromatic rings. The molecule has 0 unspecified atom stereocenters. The third-order valence-corrected chi connectivity index (χ3v) is 5.69. The summed E-state index contributed by atoms with van der Waals surface area (Å²) in [7, 11) is 0. The molecular formula is C25H25N3O2. The zero-order valence-electron chi connectivity index (χ0n) is 17.5. The third-order valence-electron chi connectivity index (χ3n) is 5.69. The number of aromatic nitrogens is 2. The molecule has 0 saturated carbocycles. The molecule has 0 spiro atoms. The molecular weight excluding hydrogens is 374 g/mol. The Morgan fingerprint density at radius 2 is 1.57 bits per heavy atom. The first kappa shape index (κ1) is 19.7. The predicted molar refractivity (Wildman–Crippen MR) is 121 cm³/mol. The van der Waals surface area contributed by atoms with Crippen LogP contribution in [0.5, 0.6) is 0 Å². The number of fused-ring (bicyclic) bond motifs is 1. The summed E-state index contributed by atoms with van der Waals surface area (Å²) < 4.78 is 3.43. The molecule has 0 fully saturated rings. The number of nitrogens with one attached hydrogen (secondary N) is 1. The molecule has 4 rings (SSSR count). The van der Waals surface area contributed by atoms with Gasteiger partial charge in [0.25, 0.3) is 5.56 Å². The molecule has 152 valence electrons. The molecule has 0 aliphatic carbocycles. The average molecular weight is 399 g/mol. The van der Waals surface area contributed by atoms with Gasteiger partial charge >= 0.3 is 0 Å². The number of aryl methyl sites for hydroxylation is 2. The maximum absolute atomic E-state index is 13.2. The summed E-state index contributed by atoms with van der Waals surface area (Å²) >= 11 is 0. The average Bonchev–Trinajstić information content (AvgIpc) is 3.13. The number of carbonyl (C=O) groups excluding carboxylic acids is 1. The number of benzene rings is 2. The van der Waals surface area contributed by atoms with Crippen molar-refractivity contribution in [2.75, 3.05) is 5.32 Å². The van der Waals surface area contributed by atoms with Gasteiger partial charge in [-0.1, -0.05) is 36.4 Å². The monoisotopic (exact) mass is 399 g/mol. The van der Waals surface area contributed by atoms with Gasteiger partial charge in [0.05, 0.1) is 0 Å². The van der Waals surface area contributed by atoms with Gasteiger partial charge in [0.1, 0.15) is 12.1 Å². The fourth-order valence-electron chi connectivity index (χ4n) is 3.70. The van der Waals surface area contributed by atoms with Crippen LogP contribution in [-0.4, -0.2) is 15.0 Å². The number of rotatable bonds is 5. The van der Waals surface area contributed by atoms with Crippen LogP contribution in [0.3, 0.4) is 0 Å². The van der Waals surface area contributed by atoms with E-state index < -0.39 is 0 Å². The van der Waals surface area contributed by atoms with E-state index in [-0.39, 0.29) is 18.0 Å². The van der Waals surface area contributed by atoms with Crippen LogP contribution >= 0.6 is 0 Å². The van der Waals surface area contributed by atoms with Crippen LogP contribution < -0.4 is 10.9 Å². The molecule has 0 radical (unpaired) electrons. The van der Waals surface area contributed by atoms with Crippen LogP contribution in [0.25, 0.3) is 10.9 Å². The van der Waals surface area contributed by atoms with Crippen molar-refractivity contribution in [2.24, 2.45) is 0 Å². The summed E-state index contributed by atoms with van der Waals surface area (Å²) in [6.07, 6.45) is 3.62. The summed E-state index contributed by atoms with van der Waals surface area (Å²) in [4.78, 5) is 25.8. The topological polar surface area (TPSA) is 56.0 Å². The molecule has 0 aliphatic heterocycles. The maximum atomic E-state index is 13.2. The number of hydrogen-bond acceptors (Lipinski definition) is 2. The largest absolute Gasteiger partial charge is 0.339 e. The van der Waals surface area contributed by atoms with Crippen LogP contribution in [0.15, 0.2) is 71.8 Å². The van der Waals surface area contributed by atoms with Gasteiger partial charge in [0, 0.05) is 30.0 Å². The summed E-state index contributed by atoms with van der Waals surface area (Å²) in [6, 6.07) is 17.8. The maximum Gasteiger partial charge on any atom is 0.275 e. The molecule has 0 atom stereocenters. The molecule has 5 nitrogen and oxygen atoms in total. The highest BCUT2D eigenvalue weighted by atomic mass is 16.2. The Kier molecular flexibility index (Phi) is 5.27. The molecule has 0 bridgehead atoms. The van der Waals surface area contributed by atoms with E-state index in [1.807, 2.05) is 67.1 Å². The molecule has 2 aromatic carbocycles. The van der Waals surface area contributed by atoms with E-state index >= 15 is 0 Å². The van der Waals surface area contributed by atoms with Gasteiger partial charge in [-0.3, -0.25) is 9.59 Å². The van der Waals surface area contributed by atoms with Crippen LogP contribution in [0.2, 0.25) is 0 Å². The molecule has 2 heterocycles. The van der Waals surface area contributed by atoms with Crippen molar-refractivity contribution in [1.29, 1.82) is 0 Å². The first-order valence-corrected chi connectivity index (χ1v) is 10.0. The van der Waals surface area contributed by atoms with Crippen molar-refractivity contribution in [3.05, 3.63) is 99.6 Å². The van der Waals surface area contributed by atoms with E-state index in [2.05, 4.69) is 24.4 Å². The summed E-state index contributed by atoms with van der Waals surface area (Å²) in [6.45, 7) is 6.63. The summed E-state index contributed by atoms with van der Waals surface area (Å²) in [5.41, 5.74) is 5.71. The van der Waals surface area contributed by atoms with E-state index in [4.69, 9.17) is 0 Å². The zero-order chi connectivity index (χ0) is 21.3. The third kappa shape index (κ3) is 3.79. The van der Waals surface area contributed by atoms with Crippen molar-refractivity contribution in [1.82, 2.24) is 9.13 Å². The quantitative estimate of drug-likeness (QED) is 0.540. The Hall–Kier alpha value is -3.60. The standard InChI is InChI=1S/C25H25N3O2/c1-17-8-6-10-22(19(17)3)26-23(29)16-28-14-12-20-11-13-27(24(20)25(28)30)15-21-9-5-4-7-18(21)2/h4-14H,15-16H2,1-3H3,(H,26,29).